The molecule has 0 amide bonds. The van der Waals surface area contributed by atoms with E-state index in [2.05, 4.69) is 4.98 Å². The maximum atomic E-state index is 12.5. The number of nitriles is 1. The molecule has 0 radical (unpaired) electrons. The normalized spacial score (nSPS) is 10.1. The largest absolute Gasteiger partial charge is 0.503 e. The molecule has 1 aromatic heterocycles. The van der Waals surface area contributed by atoms with Gasteiger partial charge in [0.25, 0.3) is 12.4 Å². The fraction of sp³-hybridized carbons (Fsp3) is 0.143. The lowest BCUT2D eigenvalue weighted by molar-refractivity contribution is 0.146. The van der Waals surface area contributed by atoms with Gasteiger partial charge in [-0.1, -0.05) is 0 Å². The molecular formula is C7H3F3N2O. The molecule has 0 atom stereocenters. The van der Waals surface area contributed by atoms with Gasteiger partial charge in [-0.25, -0.2) is 13.8 Å². The van der Waals surface area contributed by atoms with E-state index in [1.54, 1.807) is 0 Å². The molecule has 0 aliphatic heterocycles. The molecule has 1 heterocycles. The molecule has 0 aliphatic carbocycles. The van der Waals surface area contributed by atoms with Crippen molar-refractivity contribution >= 4 is 0 Å². The molecule has 0 fully saturated rings. The molecule has 1 N–H and O–H groups in total. The second-order valence-corrected chi connectivity index (χ2v) is 2.15. The maximum Gasteiger partial charge on any atom is 0.267 e. The highest BCUT2D eigenvalue weighted by atomic mass is 19.3. The highest BCUT2D eigenvalue weighted by Gasteiger charge is 2.18. The molecule has 1 aromatic rings. The van der Waals surface area contributed by atoms with E-state index in [-0.39, 0.29) is 0 Å². The monoisotopic (exact) mass is 188 g/mol. The minimum absolute atomic E-state index is 0.495. The Morgan fingerprint density at radius 3 is 2.62 bits per heavy atom. The van der Waals surface area contributed by atoms with Crippen molar-refractivity contribution in [2.75, 3.05) is 0 Å². The van der Waals surface area contributed by atoms with E-state index >= 15 is 0 Å². The van der Waals surface area contributed by atoms with Gasteiger partial charge in [-0.2, -0.15) is 9.65 Å². The van der Waals surface area contributed by atoms with E-state index < -0.39 is 29.4 Å². The molecular weight excluding hydrogens is 185 g/mol. The van der Waals surface area contributed by atoms with Crippen LogP contribution in [0.5, 0.6) is 5.75 Å². The van der Waals surface area contributed by atoms with Crippen LogP contribution in [-0.4, -0.2) is 10.1 Å². The van der Waals surface area contributed by atoms with E-state index in [1.165, 1.54) is 6.07 Å². The summed E-state index contributed by atoms with van der Waals surface area (Å²) in [6.45, 7) is 0. The third-order valence-electron chi connectivity index (χ3n) is 1.33. The van der Waals surface area contributed by atoms with Gasteiger partial charge in [0.05, 0.1) is 5.56 Å². The number of aromatic nitrogens is 1. The third kappa shape index (κ3) is 1.69. The van der Waals surface area contributed by atoms with Gasteiger partial charge in [0, 0.05) is 0 Å². The topological polar surface area (TPSA) is 56.9 Å². The molecule has 1 rings (SSSR count). The van der Waals surface area contributed by atoms with E-state index in [9.17, 15) is 13.2 Å². The van der Waals surface area contributed by atoms with Gasteiger partial charge in [-0.3, -0.25) is 0 Å². The summed E-state index contributed by atoms with van der Waals surface area (Å²) >= 11 is 0. The van der Waals surface area contributed by atoms with Crippen LogP contribution in [-0.2, 0) is 0 Å². The fourth-order valence-electron chi connectivity index (χ4n) is 0.749. The predicted octanol–water partition coefficient (Wildman–Crippen LogP) is 1.74. The van der Waals surface area contributed by atoms with E-state index in [0.717, 1.165) is 0 Å². The van der Waals surface area contributed by atoms with Gasteiger partial charge in [0.1, 0.15) is 11.8 Å². The zero-order valence-corrected chi connectivity index (χ0v) is 6.13. The minimum Gasteiger partial charge on any atom is -0.503 e. The first-order valence-electron chi connectivity index (χ1n) is 3.14. The Hall–Kier alpha value is -1.77. The summed E-state index contributed by atoms with van der Waals surface area (Å²) in [7, 11) is 0. The second-order valence-electron chi connectivity index (χ2n) is 2.15. The standard InChI is InChI=1S/C7H3F3N2O/c8-6(9)4-1-3(2-11)12-7(10)5(4)13/h1,6,13H. The average molecular weight is 188 g/mol. The summed E-state index contributed by atoms with van der Waals surface area (Å²) < 4.78 is 36.7. The van der Waals surface area contributed by atoms with E-state index in [4.69, 9.17) is 10.4 Å². The van der Waals surface area contributed by atoms with Crippen molar-refractivity contribution in [1.82, 2.24) is 4.98 Å². The van der Waals surface area contributed by atoms with Crippen molar-refractivity contribution in [1.29, 1.82) is 5.26 Å². The van der Waals surface area contributed by atoms with E-state index in [0.29, 0.717) is 6.07 Å². The summed E-state index contributed by atoms with van der Waals surface area (Å²) in [5.41, 5.74) is -1.42. The lowest BCUT2D eigenvalue weighted by atomic mass is 10.2. The molecule has 0 bridgehead atoms. The second kappa shape index (κ2) is 3.31. The first kappa shape index (κ1) is 9.32. The molecule has 0 spiro atoms. The molecule has 13 heavy (non-hydrogen) atoms. The Bertz CT molecular complexity index is 373. The summed E-state index contributed by atoms with van der Waals surface area (Å²) in [6, 6.07) is 2.04. The first-order valence-corrected chi connectivity index (χ1v) is 3.14. The number of aromatic hydroxyl groups is 1. The molecule has 0 aromatic carbocycles. The SMILES string of the molecule is N#Cc1cc(C(F)F)c(O)c(F)n1. The Morgan fingerprint density at radius 1 is 1.54 bits per heavy atom. The molecule has 6 heteroatoms. The predicted molar refractivity (Wildman–Crippen MR) is 35.5 cm³/mol. The van der Waals surface area contributed by atoms with Crippen LogP contribution in [0.3, 0.4) is 0 Å². The molecule has 0 unspecified atom stereocenters. The van der Waals surface area contributed by atoms with Gasteiger partial charge in [-0.15, -0.1) is 0 Å². The first-order chi connectivity index (χ1) is 6.06. The van der Waals surface area contributed by atoms with Gasteiger partial charge in [0.2, 0.25) is 0 Å². The summed E-state index contributed by atoms with van der Waals surface area (Å²) in [5, 5.41) is 17.0. The number of rotatable bonds is 1. The Morgan fingerprint density at radius 2 is 2.15 bits per heavy atom. The molecule has 0 saturated heterocycles. The zero-order valence-electron chi connectivity index (χ0n) is 6.13. The van der Waals surface area contributed by atoms with Crippen LogP contribution < -0.4 is 0 Å². The van der Waals surface area contributed by atoms with Crippen LogP contribution in [0.4, 0.5) is 13.2 Å². The fourth-order valence-corrected chi connectivity index (χ4v) is 0.749. The minimum atomic E-state index is -3.04. The van der Waals surface area contributed by atoms with Crippen molar-refractivity contribution in [3.05, 3.63) is 23.3 Å². The lowest BCUT2D eigenvalue weighted by Gasteiger charge is -2.03. The smallest absolute Gasteiger partial charge is 0.267 e. The molecule has 3 nitrogen and oxygen atoms in total. The van der Waals surface area contributed by atoms with Crippen molar-refractivity contribution < 1.29 is 18.3 Å². The number of alkyl halides is 2. The lowest BCUT2D eigenvalue weighted by Crippen LogP contribution is -1.95. The number of nitrogens with zero attached hydrogens (tertiary/aromatic N) is 2. The van der Waals surface area contributed by atoms with Crippen LogP contribution >= 0.6 is 0 Å². The number of pyridine rings is 1. The highest BCUT2D eigenvalue weighted by Crippen LogP contribution is 2.29. The average Bonchev–Trinajstić information content (AvgIpc) is 2.09. The molecule has 0 saturated carbocycles. The Labute approximate surface area is 71.1 Å². The molecule has 68 valence electrons. The zero-order chi connectivity index (χ0) is 10.0. The van der Waals surface area contributed by atoms with Crippen molar-refractivity contribution in [3.63, 3.8) is 0 Å². The Balaban J connectivity index is 3.35. The number of hydrogen-bond donors (Lipinski definition) is 1. The summed E-state index contributed by atoms with van der Waals surface area (Å²) in [4.78, 5) is 2.92. The van der Waals surface area contributed by atoms with Crippen LogP contribution in [0.2, 0.25) is 0 Å². The molecule has 0 aliphatic rings. The maximum absolute atomic E-state index is 12.5. The van der Waals surface area contributed by atoms with E-state index in [1.807, 2.05) is 0 Å². The quantitative estimate of drug-likeness (QED) is 0.683. The van der Waals surface area contributed by atoms with Crippen molar-refractivity contribution in [3.8, 4) is 11.8 Å². The van der Waals surface area contributed by atoms with Crippen LogP contribution in [0, 0.1) is 17.3 Å². The summed E-state index contributed by atoms with van der Waals surface area (Å²) in [6.07, 6.45) is -3.04. The van der Waals surface area contributed by atoms with Gasteiger partial charge >= 0.3 is 0 Å². The van der Waals surface area contributed by atoms with Gasteiger partial charge < -0.3 is 5.11 Å². The van der Waals surface area contributed by atoms with Gasteiger partial charge in [-0.05, 0) is 6.07 Å². The van der Waals surface area contributed by atoms with Crippen LogP contribution in [0.15, 0.2) is 6.07 Å². The van der Waals surface area contributed by atoms with Crippen molar-refractivity contribution in [2.24, 2.45) is 0 Å². The van der Waals surface area contributed by atoms with Gasteiger partial charge in [0.15, 0.2) is 5.75 Å². The summed E-state index contributed by atoms with van der Waals surface area (Å²) in [5.74, 6) is -2.68. The third-order valence-corrected chi connectivity index (χ3v) is 1.33. The van der Waals surface area contributed by atoms with Crippen LogP contribution in [0.1, 0.15) is 17.7 Å². The highest BCUT2D eigenvalue weighted by molar-refractivity contribution is 5.37. The number of hydrogen-bond acceptors (Lipinski definition) is 3. The van der Waals surface area contributed by atoms with Crippen molar-refractivity contribution in [2.45, 2.75) is 6.43 Å². The van der Waals surface area contributed by atoms with Crippen LogP contribution in [0.25, 0.3) is 0 Å². The number of halogens is 3. The Kier molecular flexibility index (Phi) is 2.37.